The third-order valence-corrected chi connectivity index (χ3v) is 9.76. The molecule has 0 saturated heterocycles. The van der Waals surface area contributed by atoms with Gasteiger partial charge in [-0.15, -0.1) is 0 Å². The molecule has 0 spiro atoms. The largest absolute Gasteiger partial charge is 0.423 e. The number of hydrogen-bond acceptors (Lipinski definition) is 6. The molecule has 246 valence electrons. The quantitative estimate of drug-likeness (QED) is 0.0809. The second-order valence-electron chi connectivity index (χ2n) is 14.0. The zero-order chi connectivity index (χ0) is 32.6. The number of benzene rings is 2. The van der Waals surface area contributed by atoms with Gasteiger partial charge in [0.05, 0.1) is 19.0 Å². The fourth-order valence-electron chi connectivity index (χ4n) is 7.08. The minimum Gasteiger partial charge on any atom is -0.423 e. The molecule has 7 heteroatoms. The van der Waals surface area contributed by atoms with Gasteiger partial charge in [-0.3, -0.25) is 18.9 Å². The Bertz CT molecular complexity index is 1360. The summed E-state index contributed by atoms with van der Waals surface area (Å²) in [5, 5.41) is 0. The zero-order valence-electron chi connectivity index (χ0n) is 28.5. The summed E-state index contributed by atoms with van der Waals surface area (Å²) in [4.78, 5) is 37.4. The van der Waals surface area contributed by atoms with Crippen molar-refractivity contribution >= 4 is 17.9 Å². The lowest BCUT2D eigenvalue weighted by Gasteiger charge is -2.47. The van der Waals surface area contributed by atoms with Crippen LogP contribution in [0.3, 0.4) is 0 Å². The van der Waals surface area contributed by atoms with Gasteiger partial charge in [-0.2, -0.15) is 0 Å². The third kappa shape index (κ3) is 8.55. The summed E-state index contributed by atoms with van der Waals surface area (Å²) in [5.41, 5.74) is 4.69. The van der Waals surface area contributed by atoms with E-state index in [0.717, 1.165) is 48.9 Å². The molecule has 0 N–H and O–H groups in total. The molecule has 0 radical (unpaired) electrons. The van der Waals surface area contributed by atoms with Crippen molar-refractivity contribution in [2.75, 3.05) is 20.3 Å². The summed E-state index contributed by atoms with van der Waals surface area (Å²) in [7, 11) is 2.18. The summed E-state index contributed by atoms with van der Waals surface area (Å²) >= 11 is 0. The first-order valence-electron chi connectivity index (χ1n) is 17.1. The fraction of sp³-hybridized carbons (Fsp3) is 0.605. The molecule has 1 heterocycles. The predicted octanol–water partition coefficient (Wildman–Crippen LogP) is 8.64. The number of carbonyl (C=O) groups excluding carboxylic acids is 3. The van der Waals surface area contributed by atoms with Gasteiger partial charge in [-0.1, -0.05) is 95.4 Å². The first-order valence-corrected chi connectivity index (χ1v) is 17.1. The molecule has 1 aliphatic carbocycles. The van der Waals surface area contributed by atoms with E-state index in [0.29, 0.717) is 17.6 Å². The molecule has 2 aromatic rings. The van der Waals surface area contributed by atoms with Crippen LogP contribution in [0.2, 0.25) is 0 Å². The minimum atomic E-state index is -0.524. The Labute approximate surface area is 270 Å². The smallest absolute Gasteiger partial charge is 0.315 e. The molecular formula is C38H54NO6+. The van der Waals surface area contributed by atoms with Gasteiger partial charge in [0, 0.05) is 37.8 Å². The number of rotatable bonds is 16. The van der Waals surface area contributed by atoms with E-state index < -0.39 is 17.4 Å². The van der Waals surface area contributed by atoms with Gasteiger partial charge in [-0.05, 0) is 43.0 Å². The Morgan fingerprint density at radius 3 is 2.13 bits per heavy atom. The highest BCUT2D eigenvalue weighted by atomic mass is 16.6. The Kier molecular flexibility index (Phi) is 11.9. The van der Waals surface area contributed by atoms with Crippen LogP contribution in [0.1, 0.15) is 128 Å². The van der Waals surface area contributed by atoms with Crippen molar-refractivity contribution in [1.82, 2.24) is 0 Å². The standard InChI is InChI=1S/C38H54NO6/c1-7-8-9-10-11-12-13-14-15-16-23-38(4,5)37(42)43-26-39(6)24-22-29-18-17-19-31-34(29)32(39)25-30-20-21-33(44-27(2)40)36(35(30)31)45-28(3)41/h17-21,32H,7-16,22-26H2,1-6H3/q+1/t32-,39?/m0/s1. The normalized spacial score (nSPS) is 18.5. The van der Waals surface area contributed by atoms with Crippen LogP contribution in [0.15, 0.2) is 30.3 Å². The summed E-state index contributed by atoms with van der Waals surface area (Å²) in [6, 6.07) is 9.96. The number of hydrogen-bond donors (Lipinski definition) is 0. The SMILES string of the molecule is CCCCCCCCCCCCC(C)(C)C(=O)OC[N+]1(C)CCc2cccc3c2[C@@H]1Cc1ccc(OC(C)=O)c(OC(C)=O)c1-3. The van der Waals surface area contributed by atoms with Crippen LogP contribution in [-0.4, -0.2) is 42.7 Å². The molecule has 1 aliphatic heterocycles. The van der Waals surface area contributed by atoms with Crippen LogP contribution < -0.4 is 9.47 Å². The number of nitrogens with zero attached hydrogens (tertiary/aromatic N) is 1. The summed E-state index contributed by atoms with van der Waals surface area (Å²) < 4.78 is 17.9. The van der Waals surface area contributed by atoms with E-state index in [1.165, 1.54) is 76.3 Å². The molecular weight excluding hydrogens is 566 g/mol. The van der Waals surface area contributed by atoms with Crippen molar-refractivity contribution in [3.05, 3.63) is 47.0 Å². The molecule has 0 saturated carbocycles. The molecule has 0 fully saturated rings. The maximum absolute atomic E-state index is 13.4. The van der Waals surface area contributed by atoms with Crippen LogP contribution in [0.4, 0.5) is 0 Å². The van der Waals surface area contributed by atoms with Crippen LogP contribution in [0.25, 0.3) is 11.1 Å². The predicted molar refractivity (Wildman–Crippen MR) is 177 cm³/mol. The van der Waals surface area contributed by atoms with Crippen molar-refractivity contribution in [1.29, 1.82) is 0 Å². The Balaban J connectivity index is 1.42. The van der Waals surface area contributed by atoms with Crippen molar-refractivity contribution in [2.45, 2.75) is 124 Å². The molecule has 0 aromatic heterocycles. The number of likely N-dealkylation sites (N-methyl/N-ethyl adjacent to an activating group) is 1. The second kappa shape index (κ2) is 15.4. The molecule has 1 unspecified atom stereocenters. The molecule has 0 amide bonds. The molecule has 2 atom stereocenters. The average Bonchev–Trinajstić information content (AvgIpc) is 2.99. The van der Waals surface area contributed by atoms with Gasteiger partial charge in [0.2, 0.25) is 6.73 Å². The number of unbranched alkanes of at least 4 members (excludes halogenated alkanes) is 9. The van der Waals surface area contributed by atoms with Gasteiger partial charge in [0.1, 0.15) is 6.04 Å². The van der Waals surface area contributed by atoms with Crippen LogP contribution in [-0.2, 0) is 32.0 Å². The number of esters is 3. The number of fused-ring (bicyclic) bond motifs is 2. The maximum atomic E-state index is 13.4. The van der Waals surface area contributed by atoms with Crippen molar-refractivity contribution in [3.63, 3.8) is 0 Å². The Hall–Kier alpha value is -3.19. The van der Waals surface area contributed by atoms with Gasteiger partial charge in [-0.25, -0.2) is 0 Å². The Morgan fingerprint density at radius 2 is 1.49 bits per heavy atom. The van der Waals surface area contributed by atoms with Gasteiger partial charge >= 0.3 is 17.9 Å². The van der Waals surface area contributed by atoms with Gasteiger partial charge in [0.25, 0.3) is 0 Å². The van der Waals surface area contributed by atoms with E-state index in [1.807, 2.05) is 32.0 Å². The highest BCUT2D eigenvalue weighted by Gasteiger charge is 2.45. The summed E-state index contributed by atoms with van der Waals surface area (Å²) in [6.07, 6.45) is 15.1. The summed E-state index contributed by atoms with van der Waals surface area (Å²) in [6.45, 7) is 10.1. The number of ether oxygens (including phenoxy) is 3. The number of carbonyl (C=O) groups is 3. The molecule has 7 nitrogen and oxygen atoms in total. The highest BCUT2D eigenvalue weighted by Crippen LogP contribution is 2.52. The topological polar surface area (TPSA) is 78.9 Å². The lowest BCUT2D eigenvalue weighted by atomic mass is 9.76. The molecule has 45 heavy (non-hydrogen) atoms. The highest BCUT2D eigenvalue weighted by molar-refractivity contribution is 5.86. The van der Waals surface area contributed by atoms with E-state index in [2.05, 4.69) is 20.0 Å². The fourth-order valence-corrected chi connectivity index (χ4v) is 7.08. The minimum absolute atomic E-state index is 0.0695. The van der Waals surface area contributed by atoms with E-state index in [4.69, 9.17) is 14.2 Å². The van der Waals surface area contributed by atoms with Crippen molar-refractivity contribution in [2.24, 2.45) is 5.41 Å². The lowest BCUT2D eigenvalue weighted by molar-refractivity contribution is -0.956. The second-order valence-corrected chi connectivity index (χ2v) is 14.0. The monoisotopic (exact) mass is 620 g/mol. The maximum Gasteiger partial charge on any atom is 0.315 e. The Morgan fingerprint density at radius 1 is 0.844 bits per heavy atom. The van der Waals surface area contributed by atoms with E-state index in [-0.39, 0.29) is 23.5 Å². The zero-order valence-corrected chi connectivity index (χ0v) is 28.5. The molecule has 2 aromatic carbocycles. The number of quaternary nitrogens is 1. The van der Waals surface area contributed by atoms with E-state index in [9.17, 15) is 14.4 Å². The van der Waals surface area contributed by atoms with Crippen LogP contribution >= 0.6 is 0 Å². The summed E-state index contributed by atoms with van der Waals surface area (Å²) in [5.74, 6) is -0.566. The third-order valence-electron chi connectivity index (χ3n) is 9.76. The van der Waals surface area contributed by atoms with E-state index >= 15 is 0 Å². The molecule has 2 aliphatic rings. The lowest BCUT2D eigenvalue weighted by Crippen LogP contribution is -2.54. The van der Waals surface area contributed by atoms with Crippen LogP contribution in [0.5, 0.6) is 11.5 Å². The first kappa shape index (κ1) is 34.7. The van der Waals surface area contributed by atoms with Crippen molar-refractivity contribution in [3.8, 4) is 22.6 Å². The van der Waals surface area contributed by atoms with Crippen molar-refractivity contribution < 1.29 is 33.1 Å². The van der Waals surface area contributed by atoms with Gasteiger partial charge in [0.15, 0.2) is 11.5 Å². The van der Waals surface area contributed by atoms with E-state index in [1.54, 1.807) is 6.07 Å². The van der Waals surface area contributed by atoms with Crippen LogP contribution in [0, 0.1) is 5.41 Å². The van der Waals surface area contributed by atoms with Gasteiger partial charge < -0.3 is 14.2 Å². The molecule has 0 bridgehead atoms. The average molecular weight is 621 g/mol. The molecule has 4 rings (SSSR count). The first-order chi connectivity index (χ1) is 21.5.